The zero-order valence-electron chi connectivity index (χ0n) is 14.9. The van der Waals surface area contributed by atoms with Gasteiger partial charge >= 0.3 is 0 Å². The summed E-state index contributed by atoms with van der Waals surface area (Å²) >= 11 is 12.3. The summed E-state index contributed by atoms with van der Waals surface area (Å²) in [5.74, 6) is 0.672. The molecule has 1 amide bonds. The third-order valence-electron chi connectivity index (χ3n) is 3.77. The molecular formula is C19H20Cl2N4O. The SMILES string of the molecule is CC(C)(C)NC(=O)Cn1c(Cc2cccnc2)nc2cc(Cl)c(Cl)cc21. The molecule has 0 spiro atoms. The van der Waals surface area contributed by atoms with Crippen LogP contribution in [0.15, 0.2) is 36.7 Å². The number of hydrogen-bond donors (Lipinski definition) is 1. The van der Waals surface area contributed by atoms with E-state index in [1.807, 2.05) is 37.5 Å². The van der Waals surface area contributed by atoms with E-state index in [4.69, 9.17) is 23.2 Å². The van der Waals surface area contributed by atoms with Gasteiger partial charge in [-0.15, -0.1) is 0 Å². The van der Waals surface area contributed by atoms with E-state index < -0.39 is 0 Å². The van der Waals surface area contributed by atoms with Gasteiger partial charge in [0.15, 0.2) is 0 Å². The minimum Gasteiger partial charge on any atom is -0.350 e. The highest BCUT2D eigenvalue weighted by Crippen LogP contribution is 2.29. The number of rotatable bonds is 4. The van der Waals surface area contributed by atoms with Crippen LogP contribution in [-0.4, -0.2) is 26.0 Å². The molecular weight excluding hydrogens is 371 g/mol. The Morgan fingerprint density at radius 1 is 1.23 bits per heavy atom. The van der Waals surface area contributed by atoms with E-state index in [1.165, 1.54) is 0 Å². The molecule has 3 aromatic rings. The first-order valence-electron chi connectivity index (χ1n) is 8.27. The Bertz CT molecular complexity index is 946. The quantitative estimate of drug-likeness (QED) is 0.724. The second-order valence-corrected chi connectivity index (χ2v) is 8.02. The zero-order chi connectivity index (χ0) is 18.9. The largest absolute Gasteiger partial charge is 0.350 e. The van der Waals surface area contributed by atoms with Crippen LogP contribution in [0.1, 0.15) is 32.2 Å². The molecule has 2 heterocycles. The third-order valence-corrected chi connectivity index (χ3v) is 4.49. The lowest BCUT2D eigenvalue weighted by atomic mass is 10.1. The maximum absolute atomic E-state index is 12.5. The summed E-state index contributed by atoms with van der Waals surface area (Å²) in [5, 5.41) is 3.86. The number of nitrogens with zero attached hydrogens (tertiary/aromatic N) is 3. The number of amides is 1. The number of halogens is 2. The summed E-state index contributed by atoms with van der Waals surface area (Å²) in [4.78, 5) is 21.3. The van der Waals surface area contributed by atoms with Gasteiger partial charge in [0.1, 0.15) is 12.4 Å². The van der Waals surface area contributed by atoms with Gasteiger partial charge in [0.05, 0.1) is 21.1 Å². The van der Waals surface area contributed by atoms with Gasteiger partial charge in [-0.05, 0) is 44.5 Å². The molecule has 136 valence electrons. The summed E-state index contributed by atoms with van der Waals surface area (Å²) in [6, 6.07) is 7.34. The number of nitrogens with one attached hydrogen (secondary N) is 1. The molecule has 0 radical (unpaired) electrons. The van der Waals surface area contributed by atoms with Crippen LogP contribution in [0.25, 0.3) is 11.0 Å². The van der Waals surface area contributed by atoms with Crippen molar-refractivity contribution in [3.05, 3.63) is 58.1 Å². The van der Waals surface area contributed by atoms with Crippen molar-refractivity contribution in [2.24, 2.45) is 0 Å². The Morgan fingerprint density at radius 3 is 2.62 bits per heavy atom. The fraction of sp³-hybridized carbons (Fsp3) is 0.316. The van der Waals surface area contributed by atoms with Gasteiger partial charge in [-0.2, -0.15) is 0 Å². The fourth-order valence-corrected chi connectivity index (χ4v) is 3.08. The van der Waals surface area contributed by atoms with Crippen LogP contribution in [0.3, 0.4) is 0 Å². The van der Waals surface area contributed by atoms with Crippen molar-refractivity contribution >= 4 is 40.1 Å². The maximum Gasteiger partial charge on any atom is 0.240 e. The second-order valence-electron chi connectivity index (χ2n) is 7.21. The fourth-order valence-electron chi connectivity index (χ4n) is 2.77. The Labute approximate surface area is 162 Å². The molecule has 0 aliphatic heterocycles. The standard InChI is InChI=1S/C19H20Cl2N4O/c1-19(2,3)24-18(26)11-25-16-9-14(21)13(20)8-15(16)23-17(25)7-12-5-4-6-22-10-12/h4-6,8-10H,7,11H2,1-3H3,(H,24,26). The molecule has 0 saturated carbocycles. The van der Waals surface area contributed by atoms with Gasteiger partial charge in [0.2, 0.25) is 5.91 Å². The van der Waals surface area contributed by atoms with Crippen molar-refractivity contribution in [3.8, 4) is 0 Å². The Hall–Kier alpha value is -2.11. The average molecular weight is 391 g/mol. The number of pyridine rings is 1. The molecule has 0 fully saturated rings. The first-order valence-corrected chi connectivity index (χ1v) is 9.02. The first-order chi connectivity index (χ1) is 12.2. The molecule has 0 unspecified atom stereocenters. The normalized spacial score (nSPS) is 11.7. The minimum atomic E-state index is -0.308. The lowest BCUT2D eigenvalue weighted by molar-refractivity contribution is -0.123. The van der Waals surface area contributed by atoms with E-state index >= 15 is 0 Å². The number of carbonyl (C=O) groups excluding carboxylic acids is 1. The van der Waals surface area contributed by atoms with E-state index in [-0.39, 0.29) is 18.0 Å². The van der Waals surface area contributed by atoms with Gasteiger partial charge < -0.3 is 9.88 Å². The molecule has 0 saturated heterocycles. The van der Waals surface area contributed by atoms with Crippen molar-refractivity contribution in [2.75, 3.05) is 0 Å². The number of hydrogen-bond acceptors (Lipinski definition) is 3. The number of fused-ring (bicyclic) bond motifs is 1. The molecule has 0 atom stereocenters. The van der Waals surface area contributed by atoms with Gasteiger partial charge in [-0.1, -0.05) is 29.3 Å². The van der Waals surface area contributed by atoms with E-state index in [0.717, 1.165) is 16.9 Å². The Balaban J connectivity index is 2.03. The van der Waals surface area contributed by atoms with E-state index in [0.29, 0.717) is 22.0 Å². The van der Waals surface area contributed by atoms with E-state index in [1.54, 1.807) is 24.5 Å². The Morgan fingerprint density at radius 2 is 1.96 bits per heavy atom. The molecule has 2 aromatic heterocycles. The van der Waals surface area contributed by atoms with Crippen molar-refractivity contribution in [3.63, 3.8) is 0 Å². The number of carbonyl (C=O) groups is 1. The predicted octanol–water partition coefficient (Wildman–Crippen LogP) is 4.24. The van der Waals surface area contributed by atoms with Crippen LogP contribution in [-0.2, 0) is 17.8 Å². The van der Waals surface area contributed by atoms with Crippen LogP contribution in [0.5, 0.6) is 0 Å². The molecule has 26 heavy (non-hydrogen) atoms. The molecule has 0 aliphatic rings. The number of benzene rings is 1. The van der Waals surface area contributed by atoms with Crippen LogP contribution < -0.4 is 5.32 Å². The summed E-state index contributed by atoms with van der Waals surface area (Å²) in [6.07, 6.45) is 4.07. The third kappa shape index (κ3) is 4.34. The van der Waals surface area contributed by atoms with Crippen LogP contribution in [0.2, 0.25) is 10.0 Å². The van der Waals surface area contributed by atoms with Gasteiger partial charge in [0.25, 0.3) is 0 Å². The molecule has 5 nitrogen and oxygen atoms in total. The number of imidazole rings is 1. The lowest BCUT2D eigenvalue weighted by Gasteiger charge is -2.21. The maximum atomic E-state index is 12.5. The van der Waals surface area contributed by atoms with Crippen molar-refractivity contribution in [1.29, 1.82) is 0 Å². The van der Waals surface area contributed by atoms with Gasteiger partial charge in [-0.3, -0.25) is 9.78 Å². The van der Waals surface area contributed by atoms with Crippen molar-refractivity contribution < 1.29 is 4.79 Å². The van der Waals surface area contributed by atoms with Crippen molar-refractivity contribution in [2.45, 2.75) is 39.3 Å². The minimum absolute atomic E-state index is 0.0877. The summed E-state index contributed by atoms with van der Waals surface area (Å²) in [6.45, 7) is 6.00. The van der Waals surface area contributed by atoms with Gasteiger partial charge in [0, 0.05) is 24.4 Å². The van der Waals surface area contributed by atoms with E-state index in [9.17, 15) is 4.79 Å². The second kappa shape index (κ2) is 7.25. The van der Waals surface area contributed by atoms with Crippen LogP contribution in [0.4, 0.5) is 0 Å². The van der Waals surface area contributed by atoms with Gasteiger partial charge in [-0.25, -0.2) is 4.98 Å². The Kier molecular flexibility index (Phi) is 5.21. The highest BCUT2D eigenvalue weighted by Gasteiger charge is 2.19. The van der Waals surface area contributed by atoms with E-state index in [2.05, 4.69) is 15.3 Å². The molecule has 0 bridgehead atoms. The smallest absolute Gasteiger partial charge is 0.240 e. The molecule has 1 aromatic carbocycles. The average Bonchev–Trinajstić information content (AvgIpc) is 2.84. The van der Waals surface area contributed by atoms with Crippen LogP contribution in [0, 0.1) is 0 Å². The summed E-state index contributed by atoms with van der Waals surface area (Å²) in [5.41, 5.74) is 2.19. The van der Waals surface area contributed by atoms with Crippen LogP contribution >= 0.6 is 23.2 Å². The summed E-state index contributed by atoms with van der Waals surface area (Å²) < 4.78 is 1.88. The number of aromatic nitrogens is 3. The molecule has 0 aliphatic carbocycles. The first kappa shape index (κ1) is 18.7. The molecule has 1 N–H and O–H groups in total. The highest BCUT2D eigenvalue weighted by molar-refractivity contribution is 6.42. The molecule has 3 rings (SSSR count). The highest BCUT2D eigenvalue weighted by atomic mass is 35.5. The lowest BCUT2D eigenvalue weighted by Crippen LogP contribution is -2.42. The monoisotopic (exact) mass is 390 g/mol. The van der Waals surface area contributed by atoms with Crippen molar-refractivity contribution in [1.82, 2.24) is 19.9 Å². The zero-order valence-corrected chi connectivity index (χ0v) is 16.4. The topological polar surface area (TPSA) is 59.8 Å². The summed E-state index contributed by atoms with van der Waals surface area (Å²) in [7, 11) is 0. The molecule has 7 heteroatoms. The predicted molar refractivity (Wildman–Crippen MR) is 105 cm³/mol.